The van der Waals surface area contributed by atoms with E-state index in [2.05, 4.69) is 4.72 Å². The summed E-state index contributed by atoms with van der Waals surface area (Å²) < 4.78 is 31.4. The van der Waals surface area contributed by atoms with Crippen LogP contribution in [-0.4, -0.2) is 50.0 Å². The maximum absolute atomic E-state index is 12.9. The Morgan fingerprint density at radius 2 is 1.78 bits per heavy atom. The number of sulfonamides is 1. The van der Waals surface area contributed by atoms with Crippen molar-refractivity contribution in [3.63, 3.8) is 0 Å². The first kappa shape index (κ1) is 22.6. The van der Waals surface area contributed by atoms with E-state index in [1.807, 2.05) is 19.9 Å². The molecule has 1 saturated heterocycles. The number of carbonyl (C=O) groups excluding carboxylic acids is 2. The van der Waals surface area contributed by atoms with Gasteiger partial charge in [-0.05, 0) is 55.3 Å². The fraction of sp³-hybridized carbons (Fsp3) is 0.391. The molecule has 2 aromatic rings. The van der Waals surface area contributed by atoms with Crippen molar-refractivity contribution in [3.05, 3.63) is 57.6 Å². The van der Waals surface area contributed by atoms with E-state index in [0.29, 0.717) is 53.5 Å². The smallest absolute Gasteiger partial charge is 0.253 e. The lowest BCUT2D eigenvalue weighted by atomic mass is 9.81. The van der Waals surface area contributed by atoms with Crippen LogP contribution in [0.5, 0.6) is 5.75 Å². The van der Waals surface area contributed by atoms with Crippen LogP contribution in [0.1, 0.15) is 51.1 Å². The van der Waals surface area contributed by atoms with Crippen LogP contribution in [0.25, 0.3) is 0 Å². The molecule has 0 radical (unpaired) electrons. The third-order valence-corrected chi connectivity index (χ3v) is 7.32. The van der Waals surface area contributed by atoms with E-state index in [4.69, 9.17) is 16.3 Å². The summed E-state index contributed by atoms with van der Waals surface area (Å²) in [7, 11) is -3.37. The van der Waals surface area contributed by atoms with Gasteiger partial charge in [0.05, 0.1) is 18.2 Å². The molecule has 1 spiro atoms. The molecule has 0 unspecified atom stereocenters. The molecule has 0 bridgehead atoms. The number of anilines is 1. The van der Waals surface area contributed by atoms with Crippen LogP contribution in [0, 0.1) is 13.8 Å². The first-order chi connectivity index (χ1) is 15.0. The quantitative estimate of drug-likeness (QED) is 0.723. The molecule has 0 aromatic heterocycles. The van der Waals surface area contributed by atoms with Gasteiger partial charge in [-0.1, -0.05) is 11.6 Å². The number of amides is 1. The molecular weight excluding hydrogens is 452 g/mol. The number of fused-ring (bicyclic) bond motifs is 1. The number of ketones is 1. The SMILES string of the molecule is Cc1cc2c(c(C)c1Cl)C(=O)CC1(CCN(C(=O)c3ccc(NS(C)(=O)=O)cc3)CC1)O2. The molecule has 32 heavy (non-hydrogen) atoms. The highest BCUT2D eigenvalue weighted by Crippen LogP contribution is 2.43. The van der Waals surface area contributed by atoms with E-state index in [9.17, 15) is 18.0 Å². The molecule has 4 rings (SSSR count). The first-order valence-corrected chi connectivity index (χ1v) is 12.6. The summed E-state index contributed by atoms with van der Waals surface area (Å²) in [6.45, 7) is 4.67. The molecule has 170 valence electrons. The summed E-state index contributed by atoms with van der Waals surface area (Å²) in [6, 6.07) is 8.16. The topological polar surface area (TPSA) is 92.8 Å². The van der Waals surface area contributed by atoms with Crippen molar-refractivity contribution >= 4 is 39.0 Å². The zero-order valence-corrected chi connectivity index (χ0v) is 19.8. The largest absolute Gasteiger partial charge is 0.486 e. The Labute approximate surface area is 192 Å². The lowest BCUT2D eigenvalue weighted by Crippen LogP contribution is -2.52. The van der Waals surface area contributed by atoms with Gasteiger partial charge in [0.2, 0.25) is 10.0 Å². The van der Waals surface area contributed by atoms with Gasteiger partial charge in [-0.15, -0.1) is 0 Å². The Morgan fingerprint density at radius 3 is 2.38 bits per heavy atom. The minimum atomic E-state index is -3.37. The van der Waals surface area contributed by atoms with Gasteiger partial charge in [0.25, 0.3) is 5.91 Å². The number of halogens is 1. The van der Waals surface area contributed by atoms with Crippen molar-refractivity contribution in [3.8, 4) is 5.75 Å². The molecule has 2 aromatic carbocycles. The van der Waals surface area contributed by atoms with Crippen molar-refractivity contribution in [2.45, 2.75) is 38.7 Å². The molecule has 1 fully saturated rings. The lowest BCUT2D eigenvalue weighted by Gasteiger charge is -2.44. The highest BCUT2D eigenvalue weighted by molar-refractivity contribution is 7.92. The molecule has 2 aliphatic heterocycles. The second-order valence-corrected chi connectivity index (χ2v) is 10.8. The summed E-state index contributed by atoms with van der Waals surface area (Å²) in [5.74, 6) is 0.473. The van der Waals surface area contributed by atoms with E-state index in [0.717, 1.165) is 17.4 Å². The molecule has 2 aliphatic rings. The minimum absolute atomic E-state index is 0.0272. The molecule has 9 heteroatoms. The van der Waals surface area contributed by atoms with Gasteiger partial charge in [-0.3, -0.25) is 14.3 Å². The normalized spacial score (nSPS) is 17.6. The van der Waals surface area contributed by atoms with Crippen molar-refractivity contribution in [2.24, 2.45) is 0 Å². The number of benzene rings is 2. The molecular formula is C23H25ClN2O5S. The highest BCUT2D eigenvalue weighted by Gasteiger charge is 2.44. The van der Waals surface area contributed by atoms with Crippen molar-refractivity contribution < 1.29 is 22.7 Å². The Hall–Kier alpha value is -2.58. The second kappa shape index (κ2) is 8.08. The number of hydrogen-bond donors (Lipinski definition) is 1. The van der Waals surface area contributed by atoms with E-state index >= 15 is 0 Å². The third-order valence-electron chi connectivity index (χ3n) is 6.13. The van der Waals surface area contributed by atoms with Gasteiger partial charge in [-0.2, -0.15) is 0 Å². The number of Topliss-reactive ketones (excluding diaryl/α,β-unsaturated/α-hetero) is 1. The van der Waals surface area contributed by atoms with Crippen LogP contribution < -0.4 is 9.46 Å². The molecule has 0 atom stereocenters. The first-order valence-electron chi connectivity index (χ1n) is 10.4. The number of piperidine rings is 1. The monoisotopic (exact) mass is 476 g/mol. The van der Waals surface area contributed by atoms with E-state index in [1.54, 1.807) is 29.2 Å². The standard InChI is InChI=1S/C23H25ClN2O5S/c1-14-12-19-20(15(2)21(14)24)18(27)13-23(31-19)8-10-26(11-9-23)22(28)16-4-6-17(7-5-16)25-32(3,29)30/h4-7,12,25H,8-11,13H2,1-3H3. The van der Waals surface area contributed by atoms with Crippen LogP contribution in [0.15, 0.2) is 30.3 Å². The van der Waals surface area contributed by atoms with Crippen LogP contribution in [-0.2, 0) is 10.0 Å². The van der Waals surface area contributed by atoms with Crippen molar-refractivity contribution in [1.82, 2.24) is 4.90 Å². The zero-order chi connectivity index (χ0) is 23.3. The van der Waals surface area contributed by atoms with E-state index < -0.39 is 15.6 Å². The Kier molecular flexibility index (Phi) is 5.71. The van der Waals surface area contributed by atoms with Gasteiger partial charge in [0.1, 0.15) is 11.4 Å². The Morgan fingerprint density at radius 1 is 1.16 bits per heavy atom. The summed E-state index contributed by atoms with van der Waals surface area (Å²) in [6.07, 6.45) is 2.45. The summed E-state index contributed by atoms with van der Waals surface area (Å²) in [5.41, 5.74) is 2.45. The fourth-order valence-corrected chi connectivity index (χ4v) is 5.19. The van der Waals surface area contributed by atoms with Crippen LogP contribution in [0.4, 0.5) is 5.69 Å². The van der Waals surface area contributed by atoms with Gasteiger partial charge in [0.15, 0.2) is 5.78 Å². The number of aryl methyl sites for hydroxylation is 1. The van der Waals surface area contributed by atoms with Crippen molar-refractivity contribution in [2.75, 3.05) is 24.1 Å². The fourth-order valence-electron chi connectivity index (χ4n) is 4.47. The predicted octanol–water partition coefficient (Wildman–Crippen LogP) is 3.97. The molecule has 7 nitrogen and oxygen atoms in total. The molecule has 1 N–H and O–H groups in total. The van der Waals surface area contributed by atoms with Crippen LogP contribution in [0.2, 0.25) is 5.02 Å². The summed E-state index contributed by atoms with van der Waals surface area (Å²) in [5, 5.41) is 0.592. The number of nitrogens with zero attached hydrogens (tertiary/aromatic N) is 1. The number of carbonyl (C=O) groups is 2. The van der Waals surface area contributed by atoms with Crippen LogP contribution >= 0.6 is 11.6 Å². The van der Waals surface area contributed by atoms with E-state index in [-0.39, 0.29) is 18.1 Å². The van der Waals surface area contributed by atoms with Gasteiger partial charge < -0.3 is 9.64 Å². The molecule has 1 amide bonds. The number of nitrogens with one attached hydrogen (secondary N) is 1. The van der Waals surface area contributed by atoms with Gasteiger partial charge in [-0.25, -0.2) is 8.42 Å². The number of likely N-dealkylation sites (tertiary alicyclic amines) is 1. The van der Waals surface area contributed by atoms with Gasteiger partial charge >= 0.3 is 0 Å². The Bertz CT molecular complexity index is 1200. The summed E-state index contributed by atoms with van der Waals surface area (Å²) in [4.78, 5) is 27.6. The predicted molar refractivity (Wildman–Crippen MR) is 123 cm³/mol. The van der Waals surface area contributed by atoms with Crippen LogP contribution in [0.3, 0.4) is 0 Å². The van der Waals surface area contributed by atoms with Gasteiger partial charge in [0, 0.05) is 42.2 Å². The third kappa shape index (κ3) is 4.34. The average Bonchev–Trinajstić information content (AvgIpc) is 2.71. The maximum Gasteiger partial charge on any atom is 0.253 e. The highest BCUT2D eigenvalue weighted by atomic mass is 35.5. The number of ether oxygens (including phenoxy) is 1. The molecule has 0 aliphatic carbocycles. The van der Waals surface area contributed by atoms with E-state index in [1.165, 1.54) is 0 Å². The minimum Gasteiger partial charge on any atom is -0.486 e. The summed E-state index contributed by atoms with van der Waals surface area (Å²) >= 11 is 6.32. The molecule has 0 saturated carbocycles. The second-order valence-electron chi connectivity index (χ2n) is 8.63. The number of rotatable bonds is 3. The van der Waals surface area contributed by atoms with Crippen molar-refractivity contribution in [1.29, 1.82) is 0 Å². The Balaban J connectivity index is 1.46. The lowest BCUT2D eigenvalue weighted by molar-refractivity contribution is -0.00581. The zero-order valence-electron chi connectivity index (χ0n) is 18.2. The average molecular weight is 477 g/mol. The molecule has 2 heterocycles. The maximum atomic E-state index is 12.9. The number of hydrogen-bond acceptors (Lipinski definition) is 5.